The van der Waals surface area contributed by atoms with Gasteiger partial charge in [0.2, 0.25) is 5.91 Å². The van der Waals surface area contributed by atoms with Crippen molar-refractivity contribution in [1.29, 1.82) is 0 Å². The van der Waals surface area contributed by atoms with Crippen LogP contribution in [0.15, 0.2) is 12.2 Å². The Bertz CT molecular complexity index is 1190. The molecule has 1 heterocycles. The number of carbonyl (C=O) groups is 1. The average molecular weight is 934 g/mol. The molecule has 1 fully saturated rings. The zero-order chi connectivity index (χ0) is 46.9. The number of carbonyl (C=O) groups excluding carboxylic acids is 1. The maximum atomic E-state index is 13.1. The van der Waals surface area contributed by atoms with Gasteiger partial charge in [-0.3, -0.25) is 9.35 Å². The third-order valence-corrected chi connectivity index (χ3v) is 13.3. The third kappa shape index (κ3) is 34.2. The van der Waals surface area contributed by atoms with Crippen molar-refractivity contribution in [3.63, 3.8) is 0 Å². The second-order valence-electron chi connectivity index (χ2n) is 18.8. The van der Waals surface area contributed by atoms with E-state index in [9.17, 15) is 38.2 Å². The summed E-state index contributed by atoms with van der Waals surface area (Å²) >= 11 is 0. The van der Waals surface area contributed by atoms with Crippen molar-refractivity contribution in [3.8, 4) is 0 Å². The molecule has 0 aliphatic carbocycles. The van der Waals surface area contributed by atoms with E-state index in [4.69, 9.17) is 9.47 Å². The van der Waals surface area contributed by atoms with Gasteiger partial charge in [0.15, 0.2) is 6.29 Å². The van der Waals surface area contributed by atoms with Gasteiger partial charge in [0.25, 0.3) is 0 Å². The molecule has 1 saturated heterocycles. The number of aliphatic hydroxyl groups is 4. The van der Waals surface area contributed by atoms with Gasteiger partial charge < -0.3 is 35.2 Å². The minimum atomic E-state index is -5.07. The summed E-state index contributed by atoms with van der Waals surface area (Å²) < 4.78 is 47.6. The number of nitrogens with one attached hydrogen (secondary N) is 1. The molecule has 0 aromatic heterocycles. The Hall–Kier alpha value is -1.16. The quantitative estimate of drug-likeness (QED) is 0.0193. The molecule has 0 aromatic rings. The van der Waals surface area contributed by atoms with Gasteiger partial charge in [-0.05, 0) is 38.5 Å². The van der Waals surface area contributed by atoms with Gasteiger partial charge in [-0.2, -0.15) is 8.42 Å². The second kappa shape index (κ2) is 42.0. The molecule has 380 valence electrons. The topological polar surface area (TPSA) is 192 Å². The molecule has 1 aliphatic heterocycles. The van der Waals surface area contributed by atoms with Gasteiger partial charge >= 0.3 is 10.4 Å². The van der Waals surface area contributed by atoms with Gasteiger partial charge in [-0.15, -0.1) is 0 Å². The Morgan fingerprint density at radius 2 is 1.00 bits per heavy atom. The van der Waals surface area contributed by atoms with Crippen molar-refractivity contribution in [3.05, 3.63) is 12.2 Å². The molecule has 64 heavy (non-hydrogen) atoms. The molecular formula is C51H99NO11S. The van der Waals surface area contributed by atoms with Crippen LogP contribution in [0, 0.1) is 0 Å². The minimum Gasteiger partial charge on any atom is -0.394 e. The lowest BCUT2D eigenvalue weighted by molar-refractivity contribution is -0.298. The van der Waals surface area contributed by atoms with Gasteiger partial charge in [0.05, 0.1) is 25.4 Å². The summed E-state index contributed by atoms with van der Waals surface area (Å²) in [6.45, 7) is 3.44. The molecule has 1 amide bonds. The largest absolute Gasteiger partial charge is 0.397 e. The van der Waals surface area contributed by atoms with Crippen molar-refractivity contribution < 1.29 is 51.8 Å². The second-order valence-corrected chi connectivity index (χ2v) is 19.9. The van der Waals surface area contributed by atoms with E-state index in [1.165, 1.54) is 173 Å². The van der Waals surface area contributed by atoms with Crippen LogP contribution in [-0.2, 0) is 28.9 Å². The Morgan fingerprint density at radius 3 is 1.41 bits per heavy atom. The highest BCUT2D eigenvalue weighted by Crippen LogP contribution is 2.26. The summed E-state index contributed by atoms with van der Waals surface area (Å²) in [6, 6.07) is -0.853. The summed E-state index contributed by atoms with van der Waals surface area (Å²) in [7, 11) is -5.07. The van der Waals surface area contributed by atoms with Crippen molar-refractivity contribution >= 4 is 16.3 Å². The fourth-order valence-corrected chi connectivity index (χ4v) is 9.20. The van der Waals surface area contributed by atoms with E-state index in [0.717, 1.165) is 51.4 Å². The van der Waals surface area contributed by atoms with Crippen LogP contribution in [0.2, 0.25) is 0 Å². The maximum absolute atomic E-state index is 13.1. The first-order valence-electron chi connectivity index (χ1n) is 26.6. The fourth-order valence-electron chi connectivity index (χ4n) is 8.69. The van der Waals surface area contributed by atoms with Crippen LogP contribution in [0.1, 0.15) is 251 Å². The number of aliphatic hydroxyl groups excluding tert-OH is 4. The van der Waals surface area contributed by atoms with E-state index in [0.29, 0.717) is 12.8 Å². The van der Waals surface area contributed by atoms with Crippen molar-refractivity contribution in [2.24, 2.45) is 0 Å². The minimum absolute atomic E-state index is 0.230. The molecular weight excluding hydrogens is 835 g/mol. The Labute approximate surface area is 391 Å². The fraction of sp³-hybridized carbons (Fsp3) is 0.941. The number of hydrogen-bond donors (Lipinski definition) is 6. The number of hydrogen-bond acceptors (Lipinski definition) is 10. The van der Waals surface area contributed by atoms with Gasteiger partial charge in [0.1, 0.15) is 24.4 Å². The summed E-state index contributed by atoms with van der Waals surface area (Å²) in [5.74, 6) is -0.230. The summed E-state index contributed by atoms with van der Waals surface area (Å²) in [5.41, 5.74) is 0. The van der Waals surface area contributed by atoms with Crippen LogP contribution in [0.3, 0.4) is 0 Å². The van der Waals surface area contributed by atoms with Crippen LogP contribution in [0.5, 0.6) is 0 Å². The van der Waals surface area contributed by atoms with Crippen molar-refractivity contribution in [1.82, 2.24) is 5.32 Å². The zero-order valence-electron chi connectivity index (χ0n) is 40.9. The Kier molecular flexibility index (Phi) is 39.9. The lowest BCUT2D eigenvalue weighted by atomic mass is 9.99. The molecule has 0 bridgehead atoms. The predicted octanol–water partition coefficient (Wildman–Crippen LogP) is 11.5. The first-order chi connectivity index (χ1) is 31.0. The number of unbranched alkanes of at least 4 members (excludes halogenated alkanes) is 32. The predicted molar refractivity (Wildman–Crippen MR) is 259 cm³/mol. The van der Waals surface area contributed by atoms with E-state index in [1.807, 2.05) is 0 Å². The van der Waals surface area contributed by atoms with E-state index in [1.54, 1.807) is 0 Å². The third-order valence-electron chi connectivity index (χ3n) is 12.8. The molecule has 6 N–H and O–H groups in total. The SMILES string of the molecule is CCCCCCCCCCCCCC/C=C\CCCCCCCCCCCCCCC(=O)NC(COC1OC(CO)C(O)C(OS(=O)(=O)O)C1O)C(O)CCCCCCCCCCC. The average Bonchev–Trinajstić information content (AvgIpc) is 3.27. The molecule has 7 atom stereocenters. The van der Waals surface area contributed by atoms with E-state index < -0.39 is 59.9 Å². The lowest BCUT2D eigenvalue weighted by Crippen LogP contribution is -2.61. The van der Waals surface area contributed by atoms with Gasteiger partial charge in [-0.25, -0.2) is 4.18 Å². The van der Waals surface area contributed by atoms with E-state index in [-0.39, 0.29) is 12.5 Å². The van der Waals surface area contributed by atoms with Crippen LogP contribution in [-0.4, -0.2) is 95.4 Å². The van der Waals surface area contributed by atoms with Crippen LogP contribution >= 0.6 is 0 Å². The molecule has 1 aliphatic rings. The van der Waals surface area contributed by atoms with Crippen molar-refractivity contribution in [2.75, 3.05) is 13.2 Å². The number of ether oxygens (including phenoxy) is 2. The van der Waals surface area contributed by atoms with Gasteiger partial charge in [0, 0.05) is 6.42 Å². The molecule has 12 nitrogen and oxygen atoms in total. The van der Waals surface area contributed by atoms with Gasteiger partial charge in [-0.1, -0.05) is 219 Å². The number of amides is 1. The van der Waals surface area contributed by atoms with Crippen molar-refractivity contribution in [2.45, 2.75) is 294 Å². The normalized spacial score (nSPS) is 20.3. The zero-order valence-corrected chi connectivity index (χ0v) is 41.7. The Balaban J connectivity index is 2.25. The monoisotopic (exact) mass is 934 g/mol. The van der Waals surface area contributed by atoms with Crippen LogP contribution in [0.4, 0.5) is 0 Å². The molecule has 0 aromatic carbocycles. The smallest absolute Gasteiger partial charge is 0.394 e. The standard InChI is InChI=1S/C51H99NO11S/c1-3-5-7-9-11-13-14-15-16-17-18-19-20-21-22-23-24-25-26-27-28-29-30-31-33-35-37-39-41-47(55)52-44(45(54)40-38-36-34-32-12-10-8-6-4-2)43-61-51-49(57)50(63-64(58,59)60)48(56)46(42-53)62-51/h21-22,44-46,48-51,53-54,56-57H,3-20,23-43H2,1-2H3,(H,52,55)(H,58,59,60)/b22-21-. The molecule has 0 saturated carbocycles. The number of allylic oxidation sites excluding steroid dienone is 2. The molecule has 7 unspecified atom stereocenters. The summed E-state index contributed by atoms with van der Waals surface area (Å²) in [4.78, 5) is 13.1. The highest BCUT2D eigenvalue weighted by atomic mass is 32.3. The molecule has 13 heteroatoms. The number of rotatable bonds is 46. The first kappa shape index (κ1) is 60.9. The summed E-state index contributed by atoms with van der Waals surface area (Å²) in [6.07, 6.45) is 39.6. The lowest BCUT2D eigenvalue weighted by Gasteiger charge is -2.41. The molecule has 1 rings (SSSR count). The van der Waals surface area contributed by atoms with E-state index >= 15 is 0 Å². The maximum Gasteiger partial charge on any atom is 0.397 e. The molecule has 0 spiro atoms. The van der Waals surface area contributed by atoms with Crippen LogP contribution in [0.25, 0.3) is 0 Å². The summed E-state index contributed by atoms with van der Waals surface area (Å²) in [5, 5.41) is 44.8. The Morgan fingerprint density at radius 1 is 0.609 bits per heavy atom. The highest BCUT2D eigenvalue weighted by Gasteiger charge is 2.48. The molecule has 0 radical (unpaired) electrons. The van der Waals surface area contributed by atoms with Crippen LogP contribution < -0.4 is 5.32 Å². The first-order valence-corrected chi connectivity index (χ1v) is 27.9. The highest BCUT2D eigenvalue weighted by molar-refractivity contribution is 7.80. The van der Waals surface area contributed by atoms with E-state index in [2.05, 4.69) is 35.5 Å².